The van der Waals surface area contributed by atoms with E-state index < -0.39 is 5.82 Å². The highest BCUT2D eigenvalue weighted by Gasteiger charge is 2.15. The zero-order chi connectivity index (χ0) is 12.1. The number of nitrogens with zero attached hydrogens (tertiary/aromatic N) is 1. The lowest BCUT2D eigenvalue weighted by atomic mass is 10.1. The highest BCUT2D eigenvalue weighted by molar-refractivity contribution is 7.98. The minimum absolute atomic E-state index is 0.0311. The number of nitrogen functional groups attached to an aromatic ring is 1. The molecule has 0 saturated carbocycles. The zero-order valence-electron chi connectivity index (χ0n) is 9.37. The summed E-state index contributed by atoms with van der Waals surface area (Å²) in [6, 6.07) is 4.02. The second-order valence-corrected chi connectivity index (χ2v) is 4.44. The van der Waals surface area contributed by atoms with Gasteiger partial charge in [0.1, 0.15) is 5.82 Å². The van der Waals surface area contributed by atoms with Crippen molar-refractivity contribution in [2.24, 2.45) is 0 Å². The van der Waals surface area contributed by atoms with Crippen LogP contribution in [0.2, 0.25) is 0 Å². The van der Waals surface area contributed by atoms with Gasteiger partial charge >= 0.3 is 0 Å². The Hall–Kier alpha value is -1.23. The van der Waals surface area contributed by atoms with Crippen molar-refractivity contribution in [1.29, 1.82) is 0 Å². The summed E-state index contributed by atoms with van der Waals surface area (Å²) in [7, 11) is 1.65. The standard InChI is InChI=1S/C11H15FN2OS/c1-14(5-6-16-2)11(15)9-7-8(13)3-4-10(9)12/h3-4,7H,5-6,13H2,1-2H3. The fraction of sp³-hybridized carbons (Fsp3) is 0.364. The first-order valence-corrected chi connectivity index (χ1v) is 6.25. The Morgan fingerprint density at radius 1 is 1.56 bits per heavy atom. The van der Waals surface area contributed by atoms with Gasteiger partial charge in [-0.3, -0.25) is 4.79 Å². The Labute approximate surface area is 98.8 Å². The molecule has 0 radical (unpaired) electrons. The van der Waals surface area contributed by atoms with Crippen molar-refractivity contribution in [3.05, 3.63) is 29.6 Å². The van der Waals surface area contributed by atoms with Gasteiger partial charge in [-0.05, 0) is 24.5 Å². The quantitative estimate of drug-likeness (QED) is 0.819. The van der Waals surface area contributed by atoms with Crippen LogP contribution in [0.3, 0.4) is 0 Å². The van der Waals surface area contributed by atoms with Gasteiger partial charge < -0.3 is 10.6 Å². The average Bonchev–Trinajstić information content (AvgIpc) is 2.28. The van der Waals surface area contributed by atoms with Crippen LogP contribution >= 0.6 is 11.8 Å². The van der Waals surface area contributed by atoms with Crippen LogP contribution in [0.4, 0.5) is 10.1 Å². The number of hydrogen-bond acceptors (Lipinski definition) is 3. The van der Waals surface area contributed by atoms with Crippen molar-refractivity contribution in [2.75, 3.05) is 31.3 Å². The molecule has 0 bridgehead atoms. The normalized spacial score (nSPS) is 10.2. The van der Waals surface area contributed by atoms with E-state index in [0.717, 1.165) is 5.75 Å². The van der Waals surface area contributed by atoms with Crippen LogP contribution < -0.4 is 5.73 Å². The molecule has 88 valence electrons. The van der Waals surface area contributed by atoms with Crippen LogP contribution in [0.5, 0.6) is 0 Å². The molecule has 0 spiro atoms. The van der Waals surface area contributed by atoms with Gasteiger partial charge in [-0.15, -0.1) is 0 Å². The molecule has 0 unspecified atom stereocenters. The Bertz CT molecular complexity index is 384. The number of rotatable bonds is 4. The van der Waals surface area contributed by atoms with E-state index >= 15 is 0 Å². The smallest absolute Gasteiger partial charge is 0.256 e. The van der Waals surface area contributed by atoms with E-state index in [1.165, 1.54) is 23.1 Å². The largest absolute Gasteiger partial charge is 0.399 e. The summed E-state index contributed by atoms with van der Waals surface area (Å²) < 4.78 is 13.4. The molecule has 0 heterocycles. The van der Waals surface area contributed by atoms with Crippen LogP contribution in [0.15, 0.2) is 18.2 Å². The molecule has 0 atom stereocenters. The number of thioether (sulfide) groups is 1. The fourth-order valence-electron chi connectivity index (χ4n) is 1.24. The summed E-state index contributed by atoms with van der Waals surface area (Å²) in [6.45, 7) is 0.592. The summed E-state index contributed by atoms with van der Waals surface area (Å²) >= 11 is 1.64. The van der Waals surface area contributed by atoms with Gasteiger partial charge in [0.05, 0.1) is 5.56 Å². The topological polar surface area (TPSA) is 46.3 Å². The molecule has 0 fully saturated rings. The second kappa shape index (κ2) is 5.75. The van der Waals surface area contributed by atoms with E-state index in [2.05, 4.69) is 0 Å². The first kappa shape index (κ1) is 12.8. The highest BCUT2D eigenvalue weighted by Crippen LogP contribution is 2.14. The van der Waals surface area contributed by atoms with E-state index in [1.807, 2.05) is 6.26 Å². The molecule has 1 amide bonds. The number of nitrogens with two attached hydrogens (primary N) is 1. The lowest BCUT2D eigenvalue weighted by Gasteiger charge is -2.17. The van der Waals surface area contributed by atoms with E-state index in [0.29, 0.717) is 12.2 Å². The van der Waals surface area contributed by atoms with E-state index in [-0.39, 0.29) is 11.5 Å². The van der Waals surface area contributed by atoms with Crippen molar-refractivity contribution in [3.63, 3.8) is 0 Å². The summed E-state index contributed by atoms with van der Waals surface area (Å²) in [5.41, 5.74) is 5.95. The monoisotopic (exact) mass is 242 g/mol. The molecule has 0 aliphatic rings. The van der Waals surface area contributed by atoms with Crippen molar-refractivity contribution in [2.45, 2.75) is 0 Å². The maximum absolute atomic E-state index is 13.4. The maximum atomic E-state index is 13.4. The molecular formula is C11H15FN2OS. The number of anilines is 1. The van der Waals surface area contributed by atoms with Gasteiger partial charge in [0.2, 0.25) is 0 Å². The molecular weight excluding hydrogens is 227 g/mol. The Morgan fingerprint density at radius 3 is 2.88 bits per heavy atom. The van der Waals surface area contributed by atoms with Crippen LogP contribution in [0.1, 0.15) is 10.4 Å². The number of benzene rings is 1. The molecule has 0 saturated heterocycles. The first-order valence-electron chi connectivity index (χ1n) is 4.85. The molecule has 16 heavy (non-hydrogen) atoms. The summed E-state index contributed by atoms with van der Waals surface area (Å²) in [5.74, 6) is -0.0410. The van der Waals surface area contributed by atoms with Gasteiger partial charge in [0.25, 0.3) is 5.91 Å². The van der Waals surface area contributed by atoms with E-state index in [4.69, 9.17) is 5.73 Å². The lowest BCUT2D eigenvalue weighted by Crippen LogP contribution is -2.29. The van der Waals surface area contributed by atoms with Gasteiger partial charge in [0.15, 0.2) is 0 Å². The Morgan fingerprint density at radius 2 is 2.25 bits per heavy atom. The van der Waals surface area contributed by atoms with Crippen molar-refractivity contribution in [1.82, 2.24) is 4.90 Å². The van der Waals surface area contributed by atoms with Crippen molar-refractivity contribution in [3.8, 4) is 0 Å². The lowest BCUT2D eigenvalue weighted by molar-refractivity contribution is 0.0799. The molecule has 0 aliphatic carbocycles. The van der Waals surface area contributed by atoms with E-state index in [1.54, 1.807) is 18.8 Å². The molecule has 3 nitrogen and oxygen atoms in total. The van der Waals surface area contributed by atoms with Crippen molar-refractivity contribution >= 4 is 23.4 Å². The maximum Gasteiger partial charge on any atom is 0.256 e. The third kappa shape index (κ3) is 3.13. The van der Waals surface area contributed by atoms with Gasteiger partial charge in [-0.25, -0.2) is 4.39 Å². The van der Waals surface area contributed by atoms with Crippen LogP contribution in [0, 0.1) is 5.82 Å². The summed E-state index contributed by atoms with van der Waals surface area (Å²) in [6.07, 6.45) is 1.96. The first-order chi connectivity index (χ1) is 7.56. The predicted molar refractivity (Wildman–Crippen MR) is 66.2 cm³/mol. The molecule has 2 N–H and O–H groups in total. The number of hydrogen-bond donors (Lipinski definition) is 1. The number of halogens is 1. The zero-order valence-corrected chi connectivity index (χ0v) is 10.2. The second-order valence-electron chi connectivity index (χ2n) is 3.46. The SMILES string of the molecule is CSCCN(C)C(=O)c1cc(N)ccc1F. The fourth-order valence-corrected chi connectivity index (χ4v) is 1.70. The Balaban J connectivity index is 2.83. The van der Waals surface area contributed by atoms with Gasteiger partial charge in [-0.1, -0.05) is 0 Å². The molecule has 1 aromatic carbocycles. The minimum atomic E-state index is -0.532. The van der Waals surface area contributed by atoms with Crippen molar-refractivity contribution < 1.29 is 9.18 Å². The number of carbonyl (C=O) groups excluding carboxylic acids is 1. The third-order valence-corrected chi connectivity index (χ3v) is 2.79. The summed E-state index contributed by atoms with van der Waals surface area (Å²) in [5, 5.41) is 0. The molecule has 0 aromatic heterocycles. The van der Waals surface area contributed by atoms with E-state index in [9.17, 15) is 9.18 Å². The number of carbonyl (C=O) groups is 1. The minimum Gasteiger partial charge on any atom is -0.399 e. The molecule has 5 heteroatoms. The molecule has 1 aromatic rings. The van der Waals surface area contributed by atoms with Gasteiger partial charge in [-0.2, -0.15) is 11.8 Å². The third-order valence-electron chi connectivity index (χ3n) is 2.20. The van der Waals surface area contributed by atoms with Crippen LogP contribution in [0.25, 0.3) is 0 Å². The van der Waals surface area contributed by atoms with Crippen LogP contribution in [-0.2, 0) is 0 Å². The Kier molecular flexibility index (Phi) is 4.61. The van der Waals surface area contributed by atoms with Gasteiger partial charge in [0, 0.05) is 25.0 Å². The predicted octanol–water partition coefficient (Wildman–Crippen LogP) is 1.84. The molecule has 0 aliphatic heterocycles. The molecule has 1 rings (SSSR count). The summed E-state index contributed by atoms with van der Waals surface area (Å²) in [4.78, 5) is 13.3. The highest BCUT2D eigenvalue weighted by atomic mass is 32.2. The number of amides is 1. The van der Waals surface area contributed by atoms with Crippen LogP contribution in [-0.4, -0.2) is 36.4 Å². The average molecular weight is 242 g/mol.